The van der Waals surface area contributed by atoms with Gasteiger partial charge in [0.2, 0.25) is 0 Å². The summed E-state index contributed by atoms with van der Waals surface area (Å²) in [5.74, 6) is 2.39. The Bertz CT molecular complexity index is 347. The van der Waals surface area contributed by atoms with E-state index in [1.165, 1.54) is 38.5 Å². The van der Waals surface area contributed by atoms with Gasteiger partial charge < -0.3 is 10.1 Å². The van der Waals surface area contributed by atoms with Crippen LogP contribution < -0.4 is 5.32 Å². The van der Waals surface area contributed by atoms with Crippen molar-refractivity contribution in [3.63, 3.8) is 0 Å². The average molecular weight is 305 g/mol. The normalized spacial score (nSPS) is 41.3. The van der Waals surface area contributed by atoms with Crippen LogP contribution in [0.5, 0.6) is 0 Å². The Hall–Kier alpha value is -0.290. The average Bonchev–Trinajstić information content (AvgIpc) is 2.36. The van der Waals surface area contributed by atoms with Crippen molar-refractivity contribution < 1.29 is 17.9 Å². The van der Waals surface area contributed by atoms with Gasteiger partial charge in [0.15, 0.2) is 6.10 Å². The van der Waals surface area contributed by atoms with Crippen LogP contribution in [-0.2, 0) is 4.74 Å². The van der Waals surface area contributed by atoms with Crippen molar-refractivity contribution in [3.8, 4) is 0 Å². The van der Waals surface area contributed by atoms with Crippen molar-refractivity contribution in [3.05, 3.63) is 0 Å². The van der Waals surface area contributed by atoms with Crippen LogP contribution in [0.15, 0.2) is 0 Å². The van der Waals surface area contributed by atoms with E-state index in [0.29, 0.717) is 0 Å². The minimum Gasteiger partial charge on any atom is -0.367 e. The lowest BCUT2D eigenvalue weighted by atomic mass is 9.48. The third-order valence-electron chi connectivity index (χ3n) is 6.15. The van der Waals surface area contributed by atoms with E-state index < -0.39 is 12.3 Å². The maximum Gasteiger partial charge on any atom is 0.414 e. The van der Waals surface area contributed by atoms with E-state index in [1.54, 1.807) is 0 Å². The standard InChI is InChI=1S/C16H26F3NO/c1-10(16(17,18)19)21-9-14(20-2)15-6-11-3-12(7-15)5-13(4-11)8-15/h10-14,20H,3-9H2,1-2H3. The molecule has 2 unspecified atom stereocenters. The van der Waals surface area contributed by atoms with Crippen molar-refractivity contribution in [1.29, 1.82) is 0 Å². The molecule has 0 amide bonds. The van der Waals surface area contributed by atoms with E-state index in [1.807, 2.05) is 7.05 Å². The Morgan fingerprint density at radius 3 is 1.95 bits per heavy atom. The van der Waals surface area contributed by atoms with Gasteiger partial charge in [0.25, 0.3) is 0 Å². The molecular weight excluding hydrogens is 279 g/mol. The smallest absolute Gasteiger partial charge is 0.367 e. The molecule has 0 saturated heterocycles. The van der Waals surface area contributed by atoms with Gasteiger partial charge in [0.1, 0.15) is 0 Å². The van der Waals surface area contributed by atoms with Crippen molar-refractivity contribution in [1.82, 2.24) is 5.32 Å². The van der Waals surface area contributed by atoms with E-state index in [2.05, 4.69) is 5.32 Å². The van der Waals surface area contributed by atoms with Gasteiger partial charge in [-0.15, -0.1) is 0 Å². The Balaban J connectivity index is 1.66. The monoisotopic (exact) mass is 305 g/mol. The lowest BCUT2D eigenvalue weighted by Gasteiger charge is -2.59. The molecule has 4 aliphatic carbocycles. The summed E-state index contributed by atoms with van der Waals surface area (Å²) < 4.78 is 43.0. The topological polar surface area (TPSA) is 21.3 Å². The van der Waals surface area contributed by atoms with Gasteiger partial charge in [-0.1, -0.05) is 0 Å². The minimum atomic E-state index is -4.26. The maximum atomic E-state index is 12.6. The van der Waals surface area contributed by atoms with Gasteiger partial charge in [0, 0.05) is 6.04 Å². The molecule has 4 bridgehead atoms. The zero-order valence-electron chi connectivity index (χ0n) is 12.9. The molecule has 0 radical (unpaired) electrons. The predicted molar refractivity (Wildman–Crippen MR) is 74.9 cm³/mol. The van der Waals surface area contributed by atoms with Crippen molar-refractivity contribution >= 4 is 0 Å². The molecule has 2 atom stereocenters. The molecule has 4 rings (SSSR count). The summed E-state index contributed by atoms with van der Waals surface area (Å²) in [6, 6.07) is 0.0516. The fraction of sp³-hybridized carbons (Fsp3) is 1.00. The number of hydrogen-bond acceptors (Lipinski definition) is 2. The van der Waals surface area contributed by atoms with Crippen LogP contribution in [0, 0.1) is 23.2 Å². The predicted octanol–water partition coefficient (Wildman–Crippen LogP) is 3.76. The van der Waals surface area contributed by atoms with E-state index in [4.69, 9.17) is 4.74 Å². The SMILES string of the molecule is CNC(COC(C)C(F)(F)F)C12CC3CC(CC(C3)C1)C2. The van der Waals surface area contributed by atoms with Crippen LogP contribution in [0.2, 0.25) is 0 Å². The van der Waals surface area contributed by atoms with Crippen LogP contribution in [0.3, 0.4) is 0 Å². The largest absolute Gasteiger partial charge is 0.414 e. The van der Waals surface area contributed by atoms with Crippen LogP contribution >= 0.6 is 0 Å². The van der Waals surface area contributed by atoms with Crippen LogP contribution in [0.4, 0.5) is 13.2 Å². The molecule has 122 valence electrons. The molecular formula is C16H26F3NO. The molecule has 0 heterocycles. The summed E-state index contributed by atoms with van der Waals surface area (Å²) in [6.45, 7) is 1.27. The highest BCUT2D eigenvalue weighted by molar-refractivity contribution is 5.06. The molecule has 4 saturated carbocycles. The Kier molecular flexibility index (Phi) is 4.02. The summed E-state index contributed by atoms with van der Waals surface area (Å²) in [6.07, 6.45) is 1.61. The van der Waals surface area contributed by atoms with E-state index in [0.717, 1.165) is 24.7 Å². The quantitative estimate of drug-likeness (QED) is 0.835. The number of ether oxygens (including phenoxy) is 1. The van der Waals surface area contributed by atoms with Crippen LogP contribution in [0.1, 0.15) is 45.4 Å². The Morgan fingerprint density at radius 2 is 1.57 bits per heavy atom. The first-order valence-corrected chi connectivity index (χ1v) is 8.18. The molecule has 0 aromatic carbocycles. The number of hydrogen-bond donors (Lipinski definition) is 1. The highest BCUT2D eigenvalue weighted by atomic mass is 19.4. The van der Waals surface area contributed by atoms with Crippen molar-refractivity contribution in [2.75, 3.05) is 13.7 Å². The second kappa shape index (κ2) is 5.41. The zero-order chi connectivity index (χ0) is 15.3. The molecule has 1 N–H and O–H groups in total. The molecule has 21 heavy (non-hydrogen) atoms. The summed E-state index contributed by atoms with van der Waals surface area (Å²) >= 11 is 0. The fourth-order valence-electron chi connectivity index (χ4n) is 5.51. The van der Waals surface area contributed by atoms with Gasteiger partial charge in [-0.05, 0) is 75.7 Å². The molecule has 2 nitrogen and oxygen atoms in total. The number of alkyl halides is 3. The third-order valence-corrected chi connectivity index (χ3v) is 6.15. The van der Waals surface area contributed by atoms with Gasteiger partial charge in [0.05, 0.1) is 6.61 Å². The molecule has 4 aliphatic rings. The molecule has 4 fully saturated rings. The second-order valence-electron chi connectivity index (χ2n) is 7.64. The molecule has 0 spiro atoms. The van der Waals surface area contributed by atoms with Gasteiger partial charge in [-0.25, -0.2) is 0 Å². The summed E-state index contributed by atoms with van der Waals surface area (Å²) in [5, 5.41) is 3.27. The highest BCUT2D eigenvalue weighted by Gasteiger charge is 2.54. The van der Waals surface area contributed by atoms with Gasteiger partial charge >= 0.3 is 6.18 Å². The second-order valence-corrected chi connectivity index (χ2v) is 7.64. The van der Waals surface area contributed by atoms with E-state index in [-0.39, 0.29) is 18.1 Å². The summed E-state index contributed by atoms with van der Waals surface area (Å²) in [7, 11) is 1.87. The first-order chi connectivity index (χ1) is 9.82. The van der Waals surface area contributed by atoms with Gasteiger partial charge in [-0.3, -0.25) is 0 Å². The van der Waals surface area contributed by atoms with E-state index in [9.17, 15) is 13.2 Å². The van der Waals surface area contributed by atoms with E-state index >= 15 is 0 Å². The minimum absolute atomic E-state index is 0.0516. The zero-order valence-corrected chi connectivity index (χ0v) is 12.9. The first kappa shape index (κ1) is 15.6. The van der Waals surface area contributed by atoms with Crippen molar-refractivity contribution in [2.45, 2.75) is 63.8 Å². The molecule has 0 aromatic heterocycles. The van der Waals surface area contributed by atoms with Gasteiger partial charge in [-0.2, -0.15) is 13.2 Å². The molecule has 0 aliphatic heterocycles. The van der Waals surface area contributed by atoms with Crippen LogP contribution in [-0.4, -0.2) is 32.0 Å². The Labute approximate surface area is 124 Å². The maximum absolute atomic E-state index is 12.6. The summed E-state index contributed by atoms with van der Waals surface area (Å²) in [4.78, 5) is 0. The number of halogens is 3. The van der Waals surface area contributed by atoms with Crippen molar-refractivity contribution in [2.24, 2.45) is 23.2 Å². The number of likely N-dealkylation sites (N-methyl/N-ethyl adjacent to an activating group) is 1. The molecule has 0 aromatic rings. The lowest BCUT2D eigenvalue weighted by molar-refractivity contribution is -0.220. The lowest BCUT2D eigenvalue weighted by Crippen LogP contribution is -2.57. The fourth-order valence-corrected chi connectivity index (χ4v) is 5.51. The number of nitrogens with one attached hydrogen (secondary N) is 1. The number of rotatable bonds is 5. The Morgan fingerprint density at radius 1 is 1.10 bits per heavy atom. The highest BCUT2D eigenvalue weighted by Crippen LogP contribution is 2.61. The first-order valence-electron chi connectivity index (χ1n) is 8.18. The molecule has 5 heteroatoms. The van der Waals surface area contributed by atoms with Crippen LogP contribution in [0.25, 0.3) is 0 Å². The summed E-state index contributed by atoms with van der Waals surface area (Å²) in [5.41, 5.74) is 0.175. The third kappa shape index (κ3) is 2.96.